The van der Waals surface area contributed by atoms with Gasteiger partial charge in [-0.15, -0.1) is 0 Å². The highest BCUT2D eigenvalue weighted by atomic mass is 16.7. The molecule has 14 heavy (non-hydrogen) atoms. The molecule has 0 aliphatic carbocycles. The van der Waals surface area contributed by atoms with Gasteiger partial charge in [0.25, 0.3) is 0 Å². The van der Waals surface area contributed by atoms with E-state index in [9.17, 15) is 0 Å². The Morgan fingerprint density at radius 1 is 1.29 bits per heavy atom. The predicted octanol–water partition coefficient (Wildman–Crippen LogP) is 2.04. The number of methoxy groups -OCH3 is 1. The lowest BCUT2D eigenvalue weighted by molar-refractivity contribution is 0.0506. The van der Waals surface area contributed by atoms with Crippen molar-refractivity contribution in [1.29, 1.82) is 0 Å². The van der Waals surface area contributed by atoms with Gasteiger partial charge in [0.05, 0.1) is 0 Å². The predicted molar refractivity (Wildman–Crippen MR) is 58.0 cm³/mol. The molecule has 1 aromatic carbocycles. The highest BCUT2D eigenvalue weighted by Gasteiger charge is 2.02. The second kappa shape index (κ2) is 4.86. The van der Waals surface area contributed by atoms with Crippen LogP contribution in [0.15, 0.2) is 18.2 Å². The fourth-order valence-electron chi connectivity index (χ4n) is 1.14. The van der Waals surface area contributed by atoms with E-state index in [1.807, 2.05) is 38.1 Å². The average molecular weight is 195 g/mol. The normalized spacial score (nSPS) is 10.0. The van der Waals surface area contributed by atoms with Crippen LogP contribution in [0.4, 0.5) is 5.69 Å². The Labute approximate surface area is 85.2 Å². The molecule has 0 aliphatic rings. The molecule has 0 atom stereocenters. The second-order valence-electron chi connectivity index (χ2n) is 3.40. The lowest BCUT2D eigenvalue weighted by atomic mass is 10.2. The number of rotatable bonds is 4. The summed E-state index contributed by atoms with van der Waals surface area (Å²) in [6.07, 6.45) is 0. The average Bonchev–Trinajstić information content (AvgIpc) is 2.16. The maximum Gasteiger partial charge on any atom is 0.188 e. The van der Waals surface area contributed by atoms with E-state index in [0.717, 1.165) is 17.0 Å². The van der Waals surface area contributed by atoms with Crippen LogP contribution in [0.1, 0.15) is 5.56 Å². The fourth-order valence-corrected chi connectivity index (χ4v) is 1.14. The summed E-state index contributed by atoms with van der Waals surface area (Å²) in [5, 5.41) is 0. The van der Waals surface area contributed by atoms with Crippen LogP contribution in [0.25, 0.3) is 0 Å². The number of benzene rings is 1. The minimum Gasteiger partial charge on any atom is -0.467 e. The summed E-state index contributed by atoms with van der Waals surface area (Å²) in [5.74, 6) is 0.873. The van der Waals surface area contributed by atoms with Crippen LogP contribution in [0.2, 0.25) is 0 Å². The Morgan fingerprint density at radius 3 is 2.57 bits per heavy atom. The van der Waals surface area contributed by atoms with Crippen molar-refractivity contribution in [1.82, 2.24) is 0 Å². The summed E-state index contributed by atoms with van der Waals surface area (Å²) in [5.41, 5.74) is 2.24. The van der Waals surface area contributed by atoms with Crippen LogP contribution in [-0.4, -0.2) is 28.0 Å². The van der Waals surface area contributed by atoms with E-state index < -0.39 is 0 Å². The van der Waals surface area contributed by atoms with Crippen LogP contribution >= 0.6 is 0 Å². The first-order chi connectivity index (χ1) is 6.65. The van der Waals surface area contributed by atoms with Gasteiger partial charge in [0.15, 0.2) is 6.79 Å². The summed E-state index contributed by atoms with van der Waals surface area (Å²) in [6, 6.07) is 6.11. The molecule has 0 spiro atoms. The molecule has 1 aromatic rings. The van der Waals surface area contributed by atoms with Crippen molar-refractivity contribution in [3.05, 3.63) is 23.8 Å². The van der Waals surface area contributed by atoms with Crippen molar-refractivity contribution in [2.24, 2.45) is 0 Å². The van der Waals surface area contributed by atoms with Crippen molar-refractivity contribution < 1.29 is 9.47 Å². The van der Waals surface area contributed by atoms with E-state index in [1.165, 1.54) is 0 Å². The highest BCUT2D eigenvalue weighted by Crippen LogP contribution is 2.23. The summed E-state index contributed by atoms with van der Waals surface area (Å²) in [6.45, 7) is 2.31. The van der Waals surface area contributed by atoms with Gasteiger partial charge in [-0.2, -0.15) is 0 Å². The van der Waals surface area contributed by atoms with Crippen molar-refractivity contribution in [3.63, 3.8) is 0 Å². The van der Waals surface area contributed by atoms with Gasteiger partial charge in [0.2, 0.25) is 0 Å². The molecular formula is C11H17NO2. The Morgan fingerprint density at radius 2 is 2.00 bits per heavy atom. The monoisotopic (exact) mass is 195 g/mol. The molecule has 0 N–H and O–H groups in total. The van der Waals surface area contributed by atoms with E-state index in [2.05, 4.69) is 6.07 Å². The summed E-state index contributed by atoms with van der Waals surface area (Å²) in [7, 11) is 5.63. The second-order valence-corrected chi connectivity index (χ2v) is 3.40. The first-order valence-electron chi connectivity index (χ1n) is 4.55. The van der Waals surface area contributed by atoms with Gasteiger partial charge in [0.1, 0.15) is 5.75 Å². The first-order valence-corrected chi connectivity index (χ1v) is 4.55. The van der Waals surface area contributed by atoms with Gasteiger partial charge >= 0.3 is 0 Å². The number of hydrogen-bond donors (Lipinski definition) is 0. The molecule has 0 bridgehead atoms. The summed E-state index contributed by atoms with van der Waals surface area (Å²) >= 11 is 0. The van der Waals surface area contributed by atoms with Crippen molar-refractivity contribution >= 4 is 5.69 Å². The molecule has 0 amide bonds. The zero-order chi connectivity index (χ0) is 10.6. The highest BCUT2D eigenvalue weighted by molar-refractivity contribution is 5.52. The Hall–Kier alpha value is -1.22. The first kappa shape index (κ1) is 10.9. The minimum atomic E-state index is 0.289. The Bertz CT molecular complexity index is 297. The quantitative estimate of drug-likeness (QED) is 0.686. The number of anilines is 1. The standard InChI is InChI=1S/C11H17NO2/c1-9-5-6-10(12(2)3)7-11(9)14-8-13-4/h5-7H,8H2,1-4H3. The third kappa shape index (κ3) is 2.64. The van der Waals surface area contributed by atoms with E-state index in [0.29, 0.717) is 0 Å². The van der Waals surface area contributed by atoms with E-state index in [-0.39, 0.29) is 6.79 Å². The maximum atomic E-state index is 5.43. The van der Waals surface area contributed by atoms with Gasteiger partial charge in [0, 0.05) is 33.0 Å². The van der Waals surface area contributed by atoms with E-state index in [4.69, 9.17) is 9.47 Å². The third-order valence-electron chi connectivity index (χ3n) is 2.02. The molecule has 0 saturated carbocycles. The smallest absolute Gasteiger partial charge is 0.188 e. The maximum absolute atomic E-state index is 5.43. The van der Waals surface area contributed by atoms with Crippen LogP contribution in [-0.2, 0) is 4.74 Å². The number of hydrogen-bond acceptors (Lipinski definition) is 3. The molecule has 3 heteroatoms. The molecule has 0 saturated heterocycles. The molecule has 1 rings (SSSR count). The molecular weight excluding hydrogens is 178 g/mol. The van der Waals surface area contributed by atoms with Gasteiger partial charge in [-0.1, -0.05) is 6.07 Å². The Kier molecular flexibility index (Phi) is 3.77. The minimum absolute atomic E-state index is 0.289. The van der Waals surface area contributed by atoms with Crippen LogP contribution < -0.4 is 9.64 Å². The molecule has 0 fully saturated rings. The number of aryl methyl sites for hydroxylation is 1. The van der Waals surface area contributed by atoms with Crippen LogP contribution in [0.5, 0.6) is 5.75 Å². The molecule has 0 unspecified atom stereocenters. The van der Waals surface area contributed by atoms with Gasteiger partial charge in [-0.05, 0) is 18.6 Å². The Balaban J connectivity index is 2.85. The van der Waals surface area contributed by atoms with Gasteiger partial charge in [-0.3, -0.25) is 0 Å². The lowest BCUT2D eigenvalue weighted by Crippen LogP contribution is -2.09. The fraction of sp³-hybridized carbons (Fsp3) is 0.455. The topological polar surface area (TPSA) is 21.7 Å². The van der Waals surface area contributed by atoms with Crippen LogP contribution in [0, 0.1) is 6.92 Å². The summed E-state index contributed by atoms with van der Waals surface area (Å²) in [4.78, 5) is 2.04. The third-order valence-corrected chi connectivity index (χ3v) is 2.02. The molecule has 0 heterocycles. The lowest BCUT2D eigenvalue weighted by Gasteiger charge is -2.15. The zero-order valence-corrected chi connectivity index (χ0v) is 9.20. The van der Waals surface area contributed by atoms with Crippen molar-refractivity contribution in [2.45, 2.75) is 6.92 Å². The zero-order valence-electron chi connectivity index (χ0n) is 9.20. The van der Waals surface area contributed by atoms with E-state index in [1.54, 1.807) is 7.11 Å². The van der Waals surface area contributed by atoms with Crippen molar-refractivity contribution in [2.75, 3.05) is 32.9 Å². The molecule has 3 nitrogen and oxygen atoms in total. The molecule has 0 radical (unpaired) electrons. The molecule has 0 aromatic heterocycles. The van der Waals surface area contributed by atoms with Gasteiger partial charge < -0.3 is 14.4 Å². The van der Waals surface area contributed by atoms with E-state index >= 15 is 0 Å². The van der Waals surface area contributed by atoms with Crippen molar-refractivity contribution in [3.8, 4) is 5.75 Å². The SMILES string of the molecule is COCOc1cc(N(C)C)ccc1C. The largest absolute Gasteiger partial charge is 0.467 e. The summed E-state index contributed by atoms with van der Waals surface area (Å²) < 4.78 is 10.3. The molecule has 0 aliphatic heterocycles. The number of ether oxygens (including phenoxy) is 2. The number of nitrogens with zero attached hydrogens (tertiary/aromatic N) is 1. The molecule has 78 valence electrons. The van der Waals surface area contributed by atoms with Gasteiger partial charge in [-0.25, -0.2) is 0 Å². The van der Waals surface area contributed by atoms with Crippen LogP contribution in [0.3, 0.4) is 0 Å².